The Morgan fingerprint density at radius 1 is 1.60 bits per heavy atom. The van der Waals surface area contributed by atoms with Gasteiger partial charge in [0.25, 0.3) is 0 Å². The predicted molar refractivity (Wildman–Crippen MR) is 76.3 cm³/mol. The van der Waals surface area contributed by atoms with Crippen molar-refractivity contribution in [3.8, 4) is 0 Å². The number of nitrogens with one attached hydrogen (secondary N) is 2. The summed E-state index contributed by atoms with van der Waals surface area (Å²) in [5, 5.41) is 15.4. The molecule has 0 radical (unpaired) electrons. The lowest BCUT2D eigenvalue weighted by Crippen LogP contribution is -2.23. The Morgan fingerprint density at radius 2 is 2.30 bits per heavy atom. The maximum atomic E-state index is 12.1. The fourth-order valence-electron chi connectivity index (χ4n) is 1.45. The average Bonchev–Trinajstić information content (AvgIpc) is 2.93. The summed E-state index contributed by atoms with van der Waals surface area (Å²) in [5.41, 5.74) is 1.49. The molecule has 10 heteroatoms. The van der Waals surface area contributed by atoms with Gasteiger partial charge in [0.05, 0.1) is 9.98 Å². The molecule has 0 aliphatic carbocycles. The highest BCUT2D eigenvalue weighted by Gasteiger charge is 2.23. The van der Waals surface area contributed by atoms with Crippen LogP contribution in [0.5, 0.6) is 0 Å². The average molecular weight is 380 g/mol. The number of rotatable bonds is 5. The lowest BCUT2D eigenvalue weighted by molar-refractivity contribution is 0.0702. The van der Waals surface area contributed by atoms with Crippen LogP contribution in [0.4, 0.5) is 0 Å². The van der Waals surface area contributed by atoms with Crippen molar-refractivity contribution in [1.29, 1.82) is 0 Å². The number of hydrogen-bond acceptors (Lipinski definition) is 5. The summed E-state index contributed by atoms with van der Waals surface area (Å²) in [5.74, 6) is -1.16. The number of sulfonamides is 1. The number of carboxylic acid groups (broad SMARTS) is 1. The van der Waals surface area contributed by atoms with Crippen LogP contribution in [0.3, 0.4) is 0 Å². The van der Waals surface area contributed by atoms with Crippen LogP contribution < -0.4 is 4.72 Å². The quantitative estimate of drug-likeness (QED) is 0.731. The Kier molecular flexibility index (Phi) is 4.28. The van der Waals surface area contributed by atoms with E-state index in [4.69, 9.17) is 5.11 Å². The molecule has 3 N–H and O–H groups in total. The molecule has 7 nitrogen and oxygen atoms in total. The van der Waals surface area contributed by atoms with Crippen molar-refractivity contribution in [2.24, 2.45) is 0 Å². The summed E-state index contributed by atoms with van der Waals surface area (Å²) < 4.78 is 26.9. The summed E-state index contributed by atoms with van der Waals surface area (Å²) in [6.45, 7) is 1.86. The van der Waals surface area contributed by atoms with Gasteiger partial charge < -0.3 is 5.11 Å². The zero-order valence-corrected chi connectivity index (χ0v) is 13.4. The van der Waals surface area contributed by atoms with E-state index in [0.29, 0.717) is 0 Å². The van der Waals surface area contributed by atoms with Gasteiger partial charge in [-0.05, 0) is 28.9 Å². The highest BCUT2D eigenvalue weighted by molar-refractivity contribution is 9.11. The molecule has 0 atom stereocenters. The monoisotopic (exact) mass is 379 g/mol. The van der Waals surface area contributed by atoms with E-state index in [1.807, 2.05) is 0 Å². The van der Waals surface area contributed by atoms with Gasteiger partial charge in [-0.15, -0.1) is 11.3 Å². The lowest BCUT2D eigenvalue weighted by atomic mass is 10.3. The number of aromatic carboxylic acids is 1. The first kappa shape index (κ1) is 15.2. The molecule has 2 heterocycles. The zero-order valence-electron chi connectivity index (χ0n) is 10.2. The maximum Gasteiger partial charge on any atom is 0.345 e. The van der Waals surface area contributed by atoms with Gasteiger partial charge in [0.1, 0.15) is 9.77 Å². The molecule has 0 fully saturated rings. The van der Waals surface area contributed by atoms with Crippen molar-refractivity contribution < 1.29 is 18.3 Å². The van der Waals surface area contributed by atoms with Crippen molar-refractivity contribution in [1.82, 2.24) is 14.9 Å². The van der Waals surface area contributed by atoms with Crippen LogP contribution in [-0.4, -0.2) is 29.7 Å². The Morgan fingerprint density at radius 3 is 2.80 bits per heavy atom. The highest BCUT2D eigenvalue weighted by Crippen LogP contribution is 2.31. The number of H-pyrrole nitrogens is 1. The van der Waals surface area contributed by atoms with E-state index in [0.717, 1.165) is 28.7 Å². The zero-order chi connectivity index (χ0) is 14.9. The molecule has 0 saturated carbocycles. The van der Waals surface area contributed by atoms with Crippen molar-refractivity contribution in [2.45, 2.75) is 18.4 Å². The molecule has 0 aromatic carbocycles. The number of aromatic amines is 1. The molecule has 0 bridgehead atoms. The molecule has 0 spiro atoms. The van der Waals surface area contributed by atoms with E-state index in [-0.39, 0.29) is 20.1 Å². The number of halogens is 1. The Balaban J connectivity index is 2.22. The molecule has 2 aromatic heterocycles. The molecule has 0 unspecified atom stereocenters. The first-order valence-corrected chi connectivity index (χ1v) is 8.41. The number of carboxylic acids is 1. The molecule has 0 aliphatic rings. The molecule has 2 aromatic rings. The number of hydrogen-bond donors (Lipinski definition) is 3. The molecule has 20 heavy (non-hydrogen) atoms. The summed E-state index contributed by atoms with van der Waals surface area (Å²) in [6, 6.07) is 1.13. The summed E-state index contributed by atoms with van der Waals surface area (Å²) >= 11 is 3.93. The minimum Gasteiger partial charge on any atom is -0.477 e. The fraction of sp³-hybridized carbons (Fsp3) is 0.200. The minimum atomic E-state index is -3.79. The van der Waals surface area contributed by atoms with Crippen LogP contribution in [0.25, 0.3) is 0 Å². The summed E-state index contributed by atoms with van der Waals surface area (Å²) in [7, 11) is -3.79. The van der Waals surface area contributed by atoms with Gasteiger partial charge in [0, 0.05) is 17.8 Å². The highest BCUT2D eigenvalue weighted by atomic mass is 79.9. The normalized spacial score (nSPS) is 11.7. The van der Waals surface area contributed by atoms with E-state index < -0.39 is 16.0 Å². The molecule has 0 aliphatic heterocycles. The van der Waals surface area contributed by atoms with E-state index in [1.165, 1.54) is 6.20 Å². The van der Waals surface area contributed by atoms with Gasteiger partial charge in [-0.1, -0.05) is 0 Å². The van der Waals surface area contributed by atoms with Gasteiger partial charge in [0.15, 0.2) is 0 Å². The predicted octanol–water partition coefficient (Wildman–Crippen LogP) is 1.72. The van der Waals surface area contributed by atoms with Crippen LogP contribution >= 0.6 is 27.3 Å². The Labute approximate surface area is 127 Å². The van der Waals surface area contributed by atoms with Crippen LogP contribution in [0.1, 0.15) is 20.9 Å². The third-order valence-corrected chi connectivity index (χ3v) is 6.18. The van der Waals surface area contributed by atoms with Crippen molar-refractivity contribution >= 4 is 43.3 Å². The largest absolute Gasteiger partial charge is 0.477 e. The van der Waals surface area contributed by atoms with E-state index in [9.17, 15) is 13.2 Å². The van der Waals surface area contributed by atoms with Gasteiger partial charge in [-0.3, -0.25) is 5.10 Å². The van der Waals surface area contributed by atoms with E-state index in [2.05, 4.69) is 30.8 Å². The molecule has 0 saturated heterocycles. The molecule has 0 amide bonds. The maximum absolute atomic E-state index is 12.1. The first-order chi connectivity index (χ1) is 9.31. The van der Waals surface area contributed by atoms with Crippen LogP contribution in [-0.2, 0) is 16.6 Å². The number of carbonyl (C=O) groups is 1. The van der Waals surface area contributed by atoms with Crippen molar-refractivity contribution in [3.63, 3.8) is 0 Å². The number of aromatic nitrogens is 2. The van der Waals surface area contributed by atoms with Crippen LogP contribution in [0, 0.1) is 6.92 Å². The van der Waals surface area contributed by atoms with Gasteiger partial charge in [-0.25, -0.2) is 17.9 Å². The molecular formula is C10H10BrN3O4S2. The van der Waals surface area contributed by atoms with Crippen molar-refractivity contribution in [2.75, 3.05) is 0 Å². The van der Waals surface area contributed by atoms with Crippen molar-refractivity contribution in [3.05, 3.63) is 32.2 Å². The van der Waals surface area contributed by atoms with E-state index >= 15 is 0 Å². The third kappa shape index (κ3) is 3.08. The molecule has 108 valence electrons. The van der Waals surface area contributed by atoms with Gasteiger partial charge in [-0.2, -0.15) is 5.10 Å². The second kappa shape index (κ2) is 5.64. The third-order valence-electron chi connectivity index (χ3n) is 2.54. The van der Waals surface area contributed by atoms with Crippen LogP contribution in [0.2, 0.25) is 0 Å². The van der Waals surface area contributed by atoms with E-state index in [1.54, 1.807) is 6.92 Å². The second-order valence-corrected chi connectivity index (χ2v) is 8.00. The van der Waals surface area contributed by atoms with Gasteiger partial charge >= 0.3 is 5.97 Å². The smallest absolute Gasteiger partial charge is 0.345 e. The van der Waals surface area contributed by atoms with Gasteiger partial charge in [0.2, 0.25) is 10.0 Å². The Bertz CT molecular complexity index is 750. The topological polar surface area (TPSA) is 112 Å². The number of thiophene rings is 1. The Hall–Kier alpha value is -1.23. The van der Waals surface area contributed by atoms with Crippen LogP contribution in [0.15, 0.2) is 20.9 Å². The standard InChI is InChI=1S/C10H10BrN3O4S2/c1-5-6(3-12-14-5)4-13-20(17,18)8-2-7(10(15)16)19-9(8)11/h2-3,13H,4H2,1H3,(H,12,14)(H,15,16). The lowest BCUT2D eigenvalue weighted by Gasteiger charge is -2.04. The second-order valence-electron chi connectivity index (χ2n) is 3.90. The SMILES string of the molecule is Cc1[nH]ncc1CNS(=O)(=O)c1cc(C(=O)O)sc1Br. The summed E-state index contributed by atoms with van der Waals surface area (Å²) in [4.78, 5) is 10.7. The fourth-order valence-corrected chi connectivity index (χ4v) is 4.85. The summed E-state index contributed by atoms with van der Waals surface area (Å²) in [6.07, 6.45) is 1.53. The molecule has 2 rings (SSSR count). The number of aryl methyl sites for hydroxylation is 1. The number of nitrogens with zero attached hydrogens (tertiary/aromatic N) is 1. The minimum absolute atomic E-state index is 0.0447. The molecular weight excluding hydrogens is 370 g/mol. The first-order valence-electron chi connectivity index (χ1n) is 5.32.